The molecule has 82 valence electrons. The van der Waals surface area contributed by atoms with Gasteiger partial charge in [-0.15, -0.1) is 0 Å². The van der Waals surface area contributed by atoms with Crippen molar-refractivity contribution in [2.75, 3.05) is 0 Å². The molecule has 0 saturated heterocycles. The molecule has 0 aliphatic carbocycles. The number of carbonyl (C=O) groups is 1. The van der Waals surface area contributed by atoms with E-state index in [-0.39, 0.29) is 11.4 Å². The van der Waals surface area contributed by atoms with Crippen LogP contribution in [0.5, 0.6) is 5.75 Å². The summed E-state index contributed by atoms with van der Waals surface area (Å²) in [5.41, 5.74) is 2.14. The summed E-state index contributed by atoms with van der Waals surface area (Å²) in [4.78, 5) is 11.0. The third-order valence-electron chi connectivity index (χ3n) is 2.20. The van der Waals surface area contributed by atoms with Crippen LogP contribution in [0.3, 0.4) is 0 Å². The van der Waals surface area contributed by atoms with Crippen molar-refractivity contribution >= 4 is 5.97 Å². The van der Waals surface area contributed by atoms with Crippen molar-refractivity contribution < 1.29 is 9.53 Å². The number of ether oxygens (including phenoxy) is 1. The molecule has 2 heteroatoms. The number of rotatable bonds is 1. The Labute approximate surface area is 91.3 Å². The molecule has 0 aliphatic heterocycles. The molecule has 0 unspecified atom stereocenters. The summed E-state index contributed by atoms with van der Waals surface area (Å²) in [5.74, 6) is 0.404. The van der Waals surface area contributed by atoms with Gasteiger partial charge in [-0.2, -0.15) is 0 Å². The van der Waals surface area contributed by atoms with Crippen LogP contribution >= 0.6 is 0 Å². The smallest absolute Gasteiger partial charge is 0.308 e. The molecule has 0 aromatic heterocycles. The first kappa shape index (κ1) is 11.8. The molecule has 0 aliphatic rings. The Morgan fingerprint density at radius 3 is 2.33 bits per heavy atom. The van der Waals surface area contributed by atoms with E-state index in [0.717, 1.165) is 11.1 Å². The van der Waals surface area contributed by atoms with Gasteiger partial charge in [0, 0.05) is 12.5 Å². The van der Waals surface area contributed by atoms with Gasteiger partial charge < -0.3 is 4.74 Å². The third-order valence-corrected chi connectivity index (χ3v) is 2.20. The Morgan fingerprint density at radius 2 is 1.87 bits per heavy atom. The van der Waals surface area contributed by atoms with E-state index < -0.39 is 0 Å². The van der Waals surface area contributed by atoms with Crippen LogP contribution in [0.1, 0.15) is 38.8 Å². The number of benzene rings is 1. The molecule has 1 rings (SSSR count). The normalized spacial score (nSPS) is 11.3. The second-order valence-electron chi connectivity index (χ2n) is 4.84. The Kier molecular flexibility index (Phi) is 3.18. The van der Waals surface area contributed by atoms with E-state index in [0.29, 0.717) is 5.75 Å². The largest absolute Gasteiger partial charge is 0.426 e. The van der Waals surface area contributed by atoms with Crippen LogP contribution in [0.2, 0.25) is 0 Å². The van der Waals surface area contributed by atoms with Crippen molar-refractivity contribution in [1.29, 1.82) is 0 Å². The summed E-state index contributed by atoms with van der Waals surface area (Å²) in [6.07, 6.45) is 0. The van der Waals surface area contributed by atoms with Crippen LogP contribution in [-0.2, 0) is 10.2 Å². The first-order chi connectivity index (χ1) is 6.80. The van der Waals surface area contributed by atoms with Crippen LogP contribution in [0.4, 0.5) is 0 Å². The average molecular weight is 206 g/mol. The third kappa shape index (κ3) is 3.08. The maximum atomic E-state index is 11.0. The molecule has 0 heterocycles. The van der Waals surface area contributed by atoms with E-state index in [4.69, 9.17) is 4.74 Å². The highest BCUT2D eigenvalue weighted by atomic mass is 16.5. The van der Waals surface area contributed by atoms with E-state index >= 15 is 0 Å². The SMILES string of the molecule is CC(=O)Oc1cc(C)ccc1C(C)(C)C. The molecule has 0 amide bonds. The first-order valence-electron chi connectivity index (χ1n) is 5.10. The van der Waals surface area contributed by atoms with E-state index in [1.807, 2.05) is 25.1 Å². The van der Waals surface area contributed by atoms with E-state index in [9.17, 15) is 4.79 Å². The molecule has 0 N–H and O–H groups in total. The van der Waals surface area contributed by atoms with Crippen molar-refractivity contribution in [1.82, 2.24) is 0 Å². The Morgan fingerprint density at radius 1 is 1.27 bits per heavy atom. The highest BCUT2D eigenvalue weighted by molar-refractivity contribution is 5.70. The summed E-state index contributed by atoms with van der Waals surface area (Å²) in [7, 11) is 0. The van der Waals surface area contributed by atoms with E-state index in [1.165, 1.54) is 6.92 Å². The lowest BCUT2D eigenvalue weighted by Gasteiger charge is -2.22. The van der Waals surface area contributed by atoms with Gasteiger partial charge >= 0.3 is 5.97 Å². The summed E-state index contributed by atoms with van der Waals surface area (Å²) in [5, 5.41) is 0. The van der Waals surface area contributed by atoms with Crippen LogP contribution in [0.25, 0.3) is 0 Å². The van der Waals surface area contributed by atoms with Crippen molar-refractivity contribution in [2.24, 2.45) is 0 Å². The molecular formula is C13H18O2. The maximum absolute atomic E-state index is 11.0. The molecule has 1 aromatic rings. The van der Waals surface area contributed by atoms with Gasteiger partial charge in [-0.05, 0) is 24.0 Å². The molecule has 0 radical (unpaired) electrons. The molecule has 1 aromatic carbocycles. The number of hydrogen-bond acceptors (Lipinski definition) is 2. The highest BCUT2D eigenvalue weighted by Gasteiger charge is 2.19. The summed E-state index contributed by atoms with van der Waals surface area (Å²) < 4.78 is 5.21. The van der Waals surface area contributed by atoms with E-state index in [1.54, 1.807) is 0 Å². The second kappa shape index (κ2) is 4.05. The topological polar surface area (TPSA) is 26.3 Å². The van der Waals surface area contributed by atoms with Crippen molar-refractivity contribution in [3.05, 3.63) is 29.3 Å². The predicted octanol–water partition coefficient (Wildman–Crippen LogP) is 3.22. The Bertz CT molecular complexity index is 373. The standard InChI is InChI=1S/C13H18O2/c1-9-6-7-11(13(3,4)5)12(8-9)15-10(2)14/h6-8H,1-5H3. The zero-order valence-electron chi connectivity index (χ0n) is 10.0. The van der Waals surface area contributed by atoms with Gasteiger partial charge in [0.1, 0.15) is 5.75 Å². The zero-order valence-corrected chi connectivity index (χ0v) is 10.0. The van der Waals surface area contributed by atoms with Crippen LogP contribution < -0.4 is 4.74 Å². The fraction of sp³-hybridized carbons (Fsp3) is 0.462. The lowest BCUT2D eigenvalue weighted by molar-refractivity contribution is -0.131. The quantitative estimate of drug-likeness (QED) is 0.521. The number of esters is 1. The van der Waals surface area contributed by atoms with E-state index in [2.05, 4.69) is 20.8 Å². The average Bonchev–Trinajstić information content (AvgIpc) is 1.99. The first-order valence-corrected chi connectivity index (χ1v) is 5.10. The van der Waals surface area contributed by atoms with Crippen LogP contribution in [0, 0.1) is 6.92 Å². The van der Waals surface area contributed by atoms with Gasteiger partial charge in [0.05, 0.1) is 0 Å². The molecule has 0 atom stereocenters. The highest BCUT2D eigenvalue weighted by Crippen LogP contribution is 2.32. The lowest BCUT2D eigenvalue weighted by atomic mass is 9.86. The van der Waals surface area contributed by atoms with Gasteiger partial charge in [0.2, 0.25) is 0 Å². The van der Waals surface area contributed by atoms with Gasteiger partial charge in [0.15, 0.2) is 0 Å². The minimum absolute atomic E-state index is 0.0154. The Balaban J connectivity index is 3.20. The molecule has 0 fully saturated rings. The van der Waals surface area contributed by atoms with Crippen LogP contribution in [-0.4, -0.2) is 5.97 Å². The molecular weight excluding hydrogens is 188 g/mol. The summed E-state index contributed by atoms with van der Waals surface area (Å²) in [6.45, 7) is 9.72. The molecule has 0 saturated carbocycles. The summed E-state index contributed by atoms with van der Waals surface area (Å²) >= 11 is 0. The monoisotopic (exact) mass is 206 g/mol. The molecule has 2 nitrogen and oxygen atoms in total. The van der Waals surface area contributed by atoms with Crippen molar-refractivity contribution in [3.63, 3.8) is 0 Å². The molecule has 0 bridgehead atoms. The van der Waals surface area contributed by atoms with Gasteiger partial charge in [-0.3, -0.25) is 4.79 Å². The van der Waals surface area contributed by atoms with Crippen molar-refractivity contribution in [3.8, 4) is 5.75 Å². The van der Waals surface area contributed by atoms with Gasteiger partial charge in [0.25, 0.3) is 0 Å². The second-order valence-corrected chi connectivity index (χ2v) is 4.84. The minimum Gasteiger partial charge on any atom is -0.426 e. The number of aryl methyl sites for hydroxylation is 1. The fourth-order valence-corrected chi connectivity index (χ4v) is 1.49. The lowest BCUT2D eigenvalue weighted by Crippen LogP contribution is -2.15. The maximum Gasteiger partial charge on any atom is 0.308 e. The van der Waals surface area contributed by atoms with Gasteiger partial charge in [-0.25, -0.2) is 0 Å². The summed E-state index contributed by atoms with van der Waals surface area (Å²) in [6, 6.07) is 5.96. The van der Waals surface area contributed by atoms with Crippen molar-refractivity contribution in [2.45, 2.75) is 40.0 Å². The van der Waals surface area contributed by atoms with Crippen LogP contribution in [0.15, 0.2) is 18.2 Å². The number of hydrogen-bond donors (Lipinski definition) is 0. The minimum atomic E-state index is -0.272. The molecule has 15 heavy (non-hydrogen) atoms. The fourth-order valence-electron chi connectivity index (χ4n) is 1.49. The number of carbonyl (C=O) groups excluding carboxylic acids is 1. The Hall–Kier alpha value is -1.31. The molecule has 0 spiro atoms. The van der Waals surface area contributed by atoms with Gasteiger partial charge in [-0.1, -0.05) is 32.9 Å². The zero-order chi connectivity index (χ0) is 11.6. The predicted molar refractivity (Wildman–Crippen MR) is 61.2 cm³/mol.